The molecule has 106 valence electrons. The summed E-state index contributed by atoms with van der Waals surface area (Å²) in [5.74, 6) is 0.709. The van der Waals surface area contributed by atoms with Gasteiger partial charge >= 0.3 is 0 Å². The van der Waals surface area contributed by atoms with Gasteiger partial charge in [0.1, 0.15) is 0 Å². The largest absolute Gasteiger partial charge is 0.374 e. The summed E-state index contributed by atoms with van der Waals surface area (Å²) in [4.78, 5) is 2.65. The topological polar surface area (TPSA) is 24.5 Å². The monoisotopic (exact) mass is 254 g/mol. The Bertz CT molecular complexity index is 257. The molecule has 2 aliphatic heterocycles. The molecular weight excluding hydrogens is 224 g/mol. The van der Waals surface area contributed by atoms with Crippen LogP contribution in [0.3, 0.4) is 0 Å². The van der Waals surface area contributed by atoms with E-state index in [0.717, 1.165) is 13.1 Å². The Balaban J connectivity index is 1.90. The molecule has 0 aromatic heterocycles. The highest BCUT2D eigenvalue weighted by molar-refractivity contribution is 4.85. The Morgan fingerprint density at radius 3 is 2.61 bits per heavy atom. The first kappa shape index (κ1) is 14.3. The summed E-state index contributed by atoms with van der Waals surface area (Å²) in [5, 5.41) is 3.69. The lowest BCUT2D eigenvalue weighted by Crippen LogP contribution is -2.45. The molecule has 3 nitrogen and oxygen atoms in total. The van der Waals surface area contributed by atoms with Crippen molar-refractivity contribution in [3.05, 3.63) is 0 Å². The first-order valence-electron chi connectivity index (χ1n) is 7.69. The summed E-state index contributed by atoms with van der Waals surface area (Å²) < 4.78 is 5.99. The van der Waals surface area contributed by atoms with Crippen LogP contribution in [-0.2, 0) is 4.74 Å². The highest BCUT2D eigenvalue weighted by atomic mass is 16.5. The van der Waals surface area contributed by atoms with Crippen molar-refractivity contribution in [1.82, 2.24) is 10.2 Å². The van der Waals surface area contributed by atoms with Gasteiger partial charge in [-0.15, -0.1) is 0 Å². The second-order valence-corrected chi connectivity index (χ2v) is 6.54. The second kappa shape index (κ2) is 6.36. The molecule has 2 fully saturated rings. The van der Waals surface area contributed by atoms with Crippen LogP contribution in [0.15, 0.2) is 0 Å². The minimum absolute atomic E-state index is 0.466. The molecule has 0 radical (unpaired) electrons. The van der Waals surface area contributed by atoms with Gasteiger partial charge in [-0.05, 0) is 45.6 Å². The normalized spacial score (nSPS) is 39.2. The van der Waals surface area contributed by atoms with Crippen LogP contribution in [0.5, 0.6) is 0 Å². The Labute approximate surface area is 112 Å². The van der Waals surface area contributed by atoms with Gasteiger partial charge in [0.2, 0.25) is 0 Å². The number of hydrogen-bond donors (Lipinski definition) is 1. The molecule has 0 amide bonds. The molecule has 3 heteroatoms. The minimum Gasteiger partial charge on any atom is -0.374 e. The lowest BCUT2D eigenvalue weighted by molar-refractivity contribution is 0.0217. The van der Waals surface area contributed by atoms with Gasteiger partial charge in [-0.25, -0.2) is 0 Å². The highest BCUT2D eigenvalue weighted by Gasteiger charge is 2.29. The zero-order chi connectivity index (χ0) is 13.1. The molecule has 0 spiro atoms. The van der Waals surface area contributed by atoms with Gasteiger partial charge in [0.15, 0.2) is 0 Å². The van der Waals surface area contributed by atoms with E-state index in [-0.39, 0.29) is 0 Å². The van der Waals surface area contributed by atoms with Gasteiger partial charge in [0.25, 0.3) is 0 Å². The Hall–Kier alpha value is -0.120. The smallest absolute Gasteiger partial charge is 0.0706 e. The predicted octanol–water partition coefficient (Wildman–Crippen LogP) is 2.26. The number of nitrogens with one attached hydrogen (secondary N) is 1. The van der Waals surface area contributed by atoms with Crippen LogP contribution in [0.1, 0.15) is 47.0 Å². The summed E-state index contributed by atoms with van der Waals surface area (Å²) in [6, 6.07) is 1.31. The molecule has 2 heterocycles. The van der Waals surface area contributed by atoms with E-state index in [2.05, 4.69) is 37.9 Å². The third-order valence-electron chi connectivity index (χ3n) is 4.59. The Morgan fingerprint density at radius 1 is 1.22 bits per heavy atom. The minimum atomic E-state index is 0.466. The summed E-state index contributed by atoms with van der Waals surface area (Å²) in [5.41, 5.74) is 0. The zero-order valence-electron chi connectivity index (χ0n) is 12.5. The molecule has 0 aliphatic carbocycles. The van der Waals surface area contributed by atoms with Crippen molar-refractivity contribution in [3.63, 3.8) is 0 Å². The van der Waals surface area contributed by atoms with Crippen molar-refractivity contribution in [2.75, 3.05) is 19.6 Å². The summed E-state index contributed by atoms with van der Waals surface area (Å²) in [6.45, 7) is 12.7. The lowest BCUT2D eigenvalue weighted by atomic mass is 10.0. The average Bonchev–Trinajstić information content (AvgIpc) is 2.62. The fourth-order valence-electron chi connectivity index (χ4n) is 3.14. The molecule has 1 N–H and O–H groups in total. The fraction of sp³-hybridized carbons (Fsp3) is 1.00. The van der Waals surface area contributed by atoms with Gasteiger partial charge in [0, 0.05) is 25.2 Å². The number of hydrogen-bond acceptors (Lipinski definition) is 3. The van der Waals surface area contributed by atoms with Crippen molar-refractivity contribution < 1.29 is 4.74 Å². The van der Waals surface area contributed by atoms with Crippen LogP contribution < -0.4 is 5.32 Å². The van der Waals surface area contributed by atoms with Gasteiger partial charge in [-0.1, -0.05) is 13.8 Å². The molecule has 2 saturated heterocycles. The molecule has 0 aromatic rings. The number of rotatable bonds is 3. The summed E-state index contributed by atoms with van der Waals surface area (Å²) in [7, 11) is 0. The van der Waals surface area contributed by atoms with E-state index in [1.807, 2.05) is 0 Å². The van der Waals surface area contributed by atoms with E-state index in [9.17, 15) is 0 Å². The lowest BCUT2D eigenvalue weighted by Gasteiger charge is -2.32. The van der Waals surface area contributed by atoms with Crippen LogP contribution in [0.25, 0.3) is 0 Å². The Morgan fingerprint density at radius 2 is 2.00 bits per heavy atom. The average molecular weight is 254 g/mol. The quantitative estimate of drug-likeness (QED) is 0.836. The molecule has 0 bridgehead atoms. The van der Waals surface area contributed by atoms with E-state index < -0.39 is 0 Å². The van der Waals surface area contributed by atoms with E-state index in [1.165, 1.54) is 25.8 Å². The van der Waals surface area contributed by atoms with E-state index >= 15 is 0 Å². The maximum atomic E-state index is 5.99. The third kappa shape index (κ3) is 3.69. The molecule has 4 atom stereocenters. The number of ether oxygens (including phenoxy) is 1. The molecule has 2 aliphatic rings. The third-order valence-corrected chi connectivity index (χ3v) is 4.59. The van der Waals surface area contributed by atoms with Crippen molar-refractivity contribution in [1.29, 1.82) is 0 Å². The molecule has 0 aromatic carbocycles. The van der Waals surface area contributed by atoms with E-state index in [4.69, 9.17) is 4.74 Å². The summed E-state index contributed by atoms with van der Waals surface area (Å²) >= 11 is 0. The molecule has 2 rings (SSSR count). The molecular formula is C15H30N2O. The van der Waals surface area contributed by atoms with Crippen molar-refractivity contribution >= 4 is 0 Å². The van der Waals surface area contributed by atoms with Crippen LogP contribution in [0.2, 0.25) is 0 Å². The van der Waals surface area contributed by atoms with E-state index in [0.29, 0.717) is 30.2 Å². The van der Waals surface area contributed by atoms with Gasteiger partial charge in [-0.3, -0.25) is 4.90 Å². The first-order chi connectivity index (χ1) is 8.56. The maximum Gasteiger partial charge on any atom is 0.0706 e. The fourth-order valence-corrected chi connectivity index (χ4v) is 3.14. The second-order valence-electron chi connectivity index (χ2n) is 6.54. The van der Waals surface area contributed by atoms with Crippen LogP contribution in [0, 0.1) is 5.92 Å². The Kier molecular flexibility index (Phi) is 5.05. The molecule has 0 saturated carbocycles. The van der Waals surface area contributed by atoms with Crippen LogP contribution in [-0.4, -0.2) is 48.8 Å². The van der Waals surface area contributed by atoms with Gasteiger partial charge in [0.05, 0.1) is 12.2 Å². The molecule has 18 heavy (non-hydrogen) atoms. The van der Waals surface area contributed by atoms with Crippen molar-refractivity contribution in [2.24, 2.45) is 5.92 Å². The SMILES string of the molecule is CC1CCC(CN2CC(C(C)C)NCCC2C)O1. The maximum absolute atomic E-state index is 5.99. The van der Waals surface area contributed by atoms with Crippen LogP contribution in [0.4, 0.5) is 0 Å². The zero-order valence-corrected chi connectivity index (χ0v) is 12.5. The van der Waals surface area contributed by atoms with Crippen molar-refractivity contribution in [3.8, 4) is 0 Å². The van der Waals surface area contributed by atoms with Crippen LogP contribution >= 0.6 is 0 Å². The first-order valence-corrected chi connectivity index (χ1v) is 7.69. The summed E-state index contributed by atoms with van der Waals surface area (Å²) in [6.07, 6.45) is 4.67. The van der Waals surface area contributed by atoms with E-state index in [1.54, 1.807) is 0 Å². The standard InChI is InChI=1S/C15H30N2O/c1-11(2)15-10-17(12(3)7-8-16-15)9-14-6-5-13(4)18-14/h11-16H,5-10H2,1-4H3. The molecule has 4 unspecified atom stereocenters. The van der Waals surface area contributed by atoms with Gasteiger partial charge in [-0.2, -0.15) is 0 Å². The highest BCUT2D eigenvalue weighted by Crippen LogP contribution is 2.22. The van der Waals surface area contributed by atoms with Crippen molar-refractivity contribution in [2.45, 2.75) is 71.2 Å². The van der Waals surface area contributed by atoms with Gasteiger partial charge < -0.3 is 10.1 Å². The predicted molar refractivity (Wildman–Crippen MR) is 75.8 cm³/mol. The number of nitrogens with zero attached hydrogens (tertiary/aromatic N) is 1.